The Kier molecular flexibility index (Phi) is 13.5. The molecule has 3 unspecified atom stereocenters. The number of aliphatic carboxylic acids is 1. The standard InChI is InChI=1S/C17H34N8O5/c1-10(23-13(26)9-19)14(27)24-11(6-4-8-22-17(20)21)15(28)25-12(16(29)30)5-2-3-7-18/h10-12H,2-9,18-19H2,1H3,(H,23,26)(H,24,27)(H,25,28)(H,29,30)(H4,20,21,22). The molecule has 0 bridgehead atoms. The number of nitrogens with one attached hydrogen (secondary N) is 3. The molecule has 0 saturated heterocycles. The minimum Gasteiger partial charge on any atom is -0.480 e. The third kappa shape index (κ3) is 11.8. The molecule has 0 aliphatic carbocycles. The highest BCUT2D eigenvalue weighted by Gasteiger charge is 2.27. The van der Waals surface area contributed by atoms with E-state index in [9.17, 15) is 24.3 Å². The highest BCUT2D eigenvalue weighted by Crippen LogP contribution is 2.05. The molecule has 3 atom stereocenters. The molecule has 13 nitrogen and oxygen atoms in total. The number of hydrogen-bond acceptors (Lipinski definition) is 7. The van der Waals surface area contributed by atoms with Crippen LogP contribution in [0, 0.1) is 0 Å². The largest absolute Gasteiger partial charge is 0.480 e. The summed E-state index contributed by atoms with van der Waals surface area (Å²) in [5.41, 5.74) is 21.1. The van der Waals surface area contributed by atoms with Crippen LogP contribution in [0.2, 0.25) is 0 Å². The van der Waals surface area contributed by atoms with Gasteiger partial charge in [0.2, 0.25) is 17.7 Å². The number of carboxylic acid groups (broad SMARTS) is 1. The molecule has 172 valence electrons. The molecule has 12 N–H and O–H groups in total. The minimum absolute atomic E-state index is 0.107. The number of aliphatic imine (C=N–C) groups is 1. The summed E-state index contributed by atoms with van der Waals surface area (Å²) in [6.45, 7) is 1.78. The molecule has 0 radical (unpaired) electrons. The van der Waals surface area contributed by atoms with Gasteiger partial charge in [-0.3, -0.25) is 19.4 Å². The van der Waals surface area contributed by atoms with Crippen molar-refractivity contribution in [2.75, 3.05) is 19.6 Å². The van der Waals surface area contributed by atoms with E-state index >= 15 is 0 Å². The molecule has 13 heteroatoms. The fraction of sp³-hybridized carbons (Fsp3) is 0.706. The van der Waals surface area contributed by atoms with Gasteiger partial charge in [0.15, 0.2) is 5.96 Å². The number of carbonyl (C=O) groups is 4. The summed E-state index contributed by atoms with van der Waals surface area (Å²) in [6.07, 6.45) is 1.86. The average molecular weight is 431 g/mol. The van der Waals surface area contributed by atoms with Crippen molar-refractivity contribution < 1.29 is 24.3 Å². The molecule has 0 fully saturated rings. The van der Waals surface area contributed by atoms with Crippen LogP contribution in [-0.4, -0.2) is 72.5 Å². The zero-order valence-electron chi connectivity index (χ0n) is 17.2. The number of amides is 3. The SMILES string of the molecule is CC(NC(=O)CN)C(=O)NC(CCCN=C(N)N)C(=O)NC(CCCCN)C(=O)O. The van der Waals surface area contributed by atoms with Crippen molar-refractivity contribution in [1.29, 1.82) is 0 Å². The van der Waals surface area contributed by atoms with Crippen molar-refractivity contribution >= 4 is 29.7 Å². The van der Waals surface area contributed by atoms with Gasteiger partial charge in [0.1, 0.15) is 18.1 Å². The van der Waals surface area contributed by atoms with Crippen molar-refractivity contribution in [3.8, 4) is 0 Å². The van der Waals surface area contributed by atoms with Crippen LogP contribution in [0.4, 0.5) is 0 Å². The predicted octanol–water partition coefficient (Wildman–Crippen LogP) is -3.31. The number of guanidine groups is 1. The van der Waals surface area contributed by atoms with Gasteiger partial charge in [-0.15, -0.1) is 0 Å². The van der Waals surface area contributed by atoms with Gasteiger partial charge in [0.05, 0.1) is 6.54 Å². The Morgan fingerprint density at radius 3 is 2.03 bits per heavy atom. The lowest BCUT2D eigenvalue weighted by molar-refractivity contribution is -0.142. The molecule has 0 aliphatic rings. The number of hydrogen-bond donors (Lipinski definition) is 8. The summed E-state index contributed by atoms with van der Waals surface area (Å²) >= 11 is 0. The van der Waals surface area contributed by atoms with Crippen LogP contribution in [0.25, 0.3) is 0 Å². The van der Waals surface area contributed by atoms with Gasteiger partial charge in [0, 0.05) is 6.54 Å². The quantitative estimate of drug-likeness (QED) is 0.0735. The monoisotopic (exact) mass is 430 g/mol. The summed E-state index contributed by atoms with van der Waals surface area (Å²) in [5.74, 6) is -3.10. The topological polar surface area (TPSA) is 241 Å². The number of carbonyl (C=O) groups excluding carboxylic acids is 3. The van der Waals surface area contributed by atoms with Gasteiger partial charge in [-0.05, 0) is 45.6 Å². The molecule has 0 saturated carbocycles. The fourth-order valence-corrected chi connectivity index (χ4v) is 2.46. The fourth-order valence-electron chi connectivity index (χ4n) is 2.46. The maximum absolute atomic E-state index is 12.6. The van der Waals surface area contributed by atoms with Crippen molar-refractivity contribution in [2.45, 2.75) is 57.2 Å². The second-order valence-corrected chi connectivity index (χ2v) is 6.69. The number of carboxylic acids is 1. The Balaban J connectivity index is 5.12. The zero-order valence-corrected chi connectivity index (χ0v) is 17.2. The van der Waals surface area contributed by atoms with E-state index in [1.807, 2.05) is 0 Å². The summed E-state index contributed by atoms with van der Waals surface area (Å²) in [5, 5.41) is 16.7. The average Bonchev–Trinajstić information content (AvgIpc) is 2.68. The molecule has 0 aromatic rings. The van der Waals surface area contributed by atoms with Crippen molar-refractivity contribution in [1.82, 2.24) is 16.0 Å². The van der Waals surface area contributed by atoms with E-state index in [-0.39, 0.29) is 31.9 Å². The lowest BCUT2D eigenvalue weighted by Crippen LogP contribution is -2.55. The van der Waals surface area contributed by atoms with Crippen LogP contribution in [0.1, 0.15) is 39.0 Å². The van der Waals surface area contributed by atoms with E-state index in [0.29, 0.717) is 25.8 Å². The molecular weight excluding hydrogens is 396 g/mol. The highest BCUT2D eigenvalue weighted by molar-refractivity contribution is 5.93. The van der Waals surface area contributed by atoms with Crippen LogP contribution in [-0.2, 0) is 19.2 Å². The Morgan fingerprint density at radius 1 is 0.900 bits per heavy atom. The molecule has 0 aliphatic heterocycles. The normalized spacial score (nSPS) is 13.4. The van der Waals surface area contributed by atoms with E-state index in [1.54, 1.807) is 0 Å². The van der Waals surface area contributed by atoms with E-state index in [1.165, 1.54) is 6.92 Å². The first-order valence-electron chi connectivity index (χ1n) is 9.70. The third-order valence-electron chi connectivity index (χ3n) is 4.10. The maximum atomic E-state index is 12.6. The van der Waals surface area contributed by atoms with E-state index in [2.05, 4.69) is 20.9 Å². The van der Waals surface area contributed by atoms with Crippen molar-refractivity contribution in [2.24, 2.45) is 27.9 Å². The number of rotatable bonds is 15. The van der Waals surface area contributed by atoms with Crippen molar-refractivity contribution in [3.63, 3.8) is 0 Å². The van der Waals surface area contributed by atoms with Crippen LogP contribution in [0.5, 0.6) is 0 Å². The lowest BCUT2D eigenvalue weighted by atomic mass is 10.1. The number of nitrogens with two attached hydrogens (primary N) is 4. The molecular formula is C17H34N8O5. The van der Waals surface area contributed by atoms with E-state index in [4.69, 9.17) is 22.9 Å². The lowest BCUT2D eigenvalue weighted by Gasteiger charge is -2.23. The second kappa shape index (κ2) is 15.0. The van der Waals surface area contributed by atoms with Crippen LogP contribution in [0.3, 0.4) is 0 Å². The second-order valence-electron chi connectivity index (χ2n) is 6.69. The number of nitrogens with zero attached hydrogens (tertiary/aromatic N) is 1. The van der Waals surface area contributed by atoms with Gasteiger partial charge in [-0.25, -0.2) is 4.79 Å². The summed E-state index contributed by atoms with van der Waals surface area (Å²) < 4.78 is 0. The first-order valence-corrected chi connectivity index (χ1v) is 9.70. The number of unbranched alkanes of at least 4 members (excludes halogenated alkanes) is 1. The van der Waals surface area contributed by atoms with Gasteiger partial charge in [-0.1, -0.05) is 0 Å². The highest BCUT2D eigenvalue weighted by atomic mass is 16.4. The predicted molar refractivity (Wildman–Crippen MR) is 111 cm³/mol. The molecule has 0 aromatic carbocycles. The maximum Gasteiger partial charge on any atom is 0.326 e. The molecule has 0 aromatic heterocycles. The summed E-state index contributed by atoms with van der Waals surface area (Å²) in [7, 11) is 0. The zero-order chi connectivity index (χ0) is 23.1. The Labute approximate surface area is 175 Å². The van der Waals surface area contributed by atoms with Crippen LogP contribution < -0.4 is 38.9 Å². The van der Waals surface area contributed by atoms with Crippen LogP contribution in [0.15, 0.2) is 4.99 Å². The Hall–Kier alpha value is -2.93. The van der Waals surface area contributed by atoms with E-state index in [0.717, 1.165) is 0 Å². The van der Waals surface area contributed by atoms with Gasteiger partial charge in [-0.2, -0.15) is 0 Å². The van der Waals surface area contributed by atoms with E-state index < -0.39 is 41.8 Å². The Morgan fingerprint density at radius 2 is 1.50 bits per heavy atom. The first-order chi connectivity index (χ1) is 14.1. The van der Waals surface area contributed by atoms with Gasteiger partial charge < -0.3 is 44.0 Å². The Bertz CT molecular complexity index is 609. The smallest absolute Gasteiger partial charge is 0.326 e. The molecule has 30 heavy (non-hydrogen) atoms. The third-order valence-corrected chi connectivity index (χ3v) is 4.10. The van der Waals surface area contributed by atoms with Crippen LogP contribution >= 0.6 is 0 Å². The van der Waals surface area contributed by atoms with Gasteiger partial charge >= 0.3 is 5.97 Å². The molecule has 0 heterocycles. The summed E-state index contributed by atoms with van der Waals surface area (Å²) in [6, 6.07) is -3.09. The molecule has 0 rings (SSSR count). The van der Waals surface area contributed by atoms with Crippen molar-refractivity contribution in [3.05, 3.63) is 0 Å². The first kappa shape index (κ1) is 27.1. The van der Waals surface area contributed by atoms with Gasteiger partial charge in [0.25, 0.3) is 0 Å². The minimum atomic E-state index is -1.19. The summed E-state index contributed by atoms with van der Waals surface area (Å²) in [4.78, 5) is 51.6. The molecule has 3 amide bonds. The molecule has 0 spiro atoms.